The van der Waals surface area contributed by atoms with Gasteiger partial charge in [-0.15, -0.1) is 0 Å². The molecule has 0 rings (SSSR count). The third-order valence-electron chi connectivity index (χ3n) is 1.97. The Labute approximate surface area is 78.2 Å². The van der Waals surface area contributed by atoms with Gasteiger partial charge in [-0.3, -0.25) is 0 Å². The lowest BCUT2D eigenvalue weighted by molar-refractivity contribution is -0.130. The van der Waals surface area contributed by atoms with Crippen LogP contribution in [0.3, 0.4) is 0 Å². The molecular formula is C8H18O5. The number of hydrogen-bond acceptors (Lipinski definition) is 5. The van der Waals surface area contributed by atoms with Crippen molar-refractivity contribution in [3.8, 4) is 0 Å². The van der Waals surface area contributed by atoms with Crippen LogP contribution in [0.2, 0.25) is 0 Å². The van der Waals surface area contributed by atoms with Crippen LogP contribution in [0.4, 0.5) is 0 Å². The molecule has 2 atom stereocenters. The highest BCUT2D eigenvalue weighted by Crippen LogP contribution is 2.09. The molecule has 0 aromatic heterocycles. The average molecular weight is 194 g/mol. The van der Waals surface area contributed by atoms with Gasteiger partial charge >= 0.3 is 0 Å². The van der Waals surface area contributed by atoms with Crippen LogP contribution >= 0.6 is 0 Å². The van der Waals surface area contributed by atoms with Crippen LogP contribution in [0.15, 0.2) is 0 Å². The zero-order chi connectivity index (χ0) is 10.3. The van der Waals surface area contributed by atoms with E-state index in [1.165, 1.54) is 21.3 Å². The monoisotopic (exact) mass is 194 g/mol. The van der Waals surface area contributed by atoms with Crippen molar-refractivity contribution in [2.45, 2.75) is 18.3 Å². The molecule has 5 nitrogen and oxygen atoms in total. The van der Waals surface area contributed by atoms with Crippen molar-refractivity contribution >= 4 is 0 Å². The van der Waals surface area contributed by atoms with Gasteiger partial charge in [-0.1, -0.05) is 0 Å². The molecule has 0 aliphatic rings. The van der Waals surface area contributed by atoms with Gasteiger partial charge < -0.3 is 24.4 Å². The summed E-state index contributed by atoms with van der Waals surface area (Å²) in [5.41, 5.74) is 0. The molecule has 0 radical (unpaired) electrons. The molecule has 0 aromatic rings. The van der Waals surface area contributed by atoms with Crippen molar-refractivity contribution in [1.82, 2.24) is 0 Å². The highest BCUT2D eigenvalue weighted by molar-refractivity contribution is 4.78. The van der Waals surface area contributed by atoms with Crippen LogP contribution in [-0.2, 0) is 14.2 Å². The van der Waals surface area contributed by atoms with Crippen molar-refractivity contribution in [2.75, 3.05) is 34.5 Å². The molecule has 0 fully saturated rings. The molecule has 0 aliphatic heterocycles. The van der Waals surface area contributed by atoms with E-state index in [1.54, 1.807) is 0 Å². The van der Waals surface area contributed by atoms with E-state index in [2.05, 4.69) is 0 Å². The fraction of sp³-hybridized carbons (Fsp3) is 1.00. The van der Waals surface area contributed by atoms with Crippen molar-refractivity contribution < 1.29 is 24.4 Å². The normalized spacial score (nSPS) is 16.2. The molecule has 0 unspecified atom stereocenters. The molecule has 80 valence electrons. The summed E-state index contributed by atoms with van der Waals surface area (Å²) in [6.45, 7) is -0.344. The summed E-state index contributed by atoms with van der Waals surface area (Å²) in [5.74, 6) is 0. The second-order valence-electron chi connectivity index (χ2n) is 2.61. The largest absolute Gasteiger partial charge is 0.394 e. The Morgan fingerprint density at radius 2 is 1.23 bits per heavy atom. The smallest absolute Gasteiger partial charge is 0.114 e. The predicted octanol–water partition coefficient (Wildman–Crippen LogP) is -0.984. The molecule has 0 spiro atoms. The average Bonchev–Trinajstić information content (AvgIpc) is 2.18. The fourth-order valence-electron chi connectivity index (χ4n) is 1.17. The molecule has 0 aliphatic carbocycles. The Bertz CT molecular complexity index is 99.1. The Morgan fingerprint density at radius 1 is 0.846 bits per heavy atom. The second kappa shape index (κ2) is 7.23. The Hall–Kier alpha value is -0.200. The molecular weight excluding hydrogens is 176 g/mol. The van der Waals surface area contributed by atoms with Gasteiger partial charge in [-0.2, -0.15) is 0 Å². The zero-order valence-corrected chi connectivity index (χ0v) is 8.27. The first-order valence-corrected chi connectivity index (χ1v) is 4.05. The summed E-state index contributed by atoms with van der Waals surface area (Å²) in [5, 5.41) is 17.9. The van der Waals surface area contributed by atoms with Gasteiger partial charge in [0.25, 0.3) is 0 Å². The van der Waals surface area contributed by atoms with Crippen molar-refractivity contribution in [3.05, 3.63) is 0 Å². The maximum absolute atomic E-state index is 8.93. The Morgan fingerprint density at radius 3 is 1.38 bits per heavy atom. The highest BCUT2D eigenvalue weighted by atomic mass is 16.6. The molecule has 0 saturated carbocycles. The number of aliphatic hydroxyl groups excluding tert-OH is 2. The SMILES string of the molecule is COC([C@@H](CO)OC)[C@@H](CO)OC. The number of rotatable bonds is 7. The van der Waals surface area contributed by atoms with Gasteiger partial charge in [0, 0.05) is 21.3 Å². The van der Waals surface area contributed by atoms with Gasteiger partial charge in [0.1, 0.15) is 18.3 Å². The zero-order valence-electron chi connectivity index (χ0n) is 8.27. The first kappa shape index (κ1) is 12.8. The van der Waals surface area contributed by atoms with E-state index in [0.717, 1.165) is 0 Å². The molecule has 2 N–H and O–H groups in total. The molecule has 0 heterocycles. The molecule has 13 heavy (non-hydrogen) atoms. The van der Waals surface area contributed by atoms with Gasteiger partial charge in [0.05, 0.1) is 13.2 Å². The standard InChI is InChI=1S/C8H18O5/c1-11-6(4-9)8(13-3)7(5-10)12-2/h6-10H,4-5H2,1-3H3/t6-,7-/m1/s1. The predicted molar refractivity (Wildman–Crippen MR) is 46.6 cm³/mol. The van der Waals surface area contributed by atoms with Crippen LogP contribution in [0.25, 0.3) is 0 Å². The van der Waals surface area contributed by atoms with Crippen LogP contribution in [0.5, 0.6) is 0 Å². The van der Waals surface area contributed by atoms with Crippen LogP contribution < -0.4 is 0 Å². The van der Waals surface area contributed by atoms with E-state index in [4.69, 9.17) is 24.4 Å². The third kappa shape index (κ3) is 3.58. The van der Waals surface area contributed by atoms with Crippen molar-refractivity contribution in [3.63, 3.8) is 0 Å². The van der Waals surface area contributed by atoms with Crippen LogP contribution in [-0.4, -0.2) is 63.1 Å². The summed E-state index contributed by atoms with van der Waals surface area (Å²) in [6.07, 6.45) is -1.44. The molecule has 0 bridgehead atoms. The van der Waals surface area contributed by atoms with Gasteiger partial charge in [-0.05, 0) is 0 Å². The lowest BCUT2D eigenvalue weighted by Gasteiger charge is -2.28. The van der Waals surface area contributed by atoms with Crippen molar-refractivity contribution in [2.24, 2.45) is 0 Å². The van der Waals surface area contributed by atoms with Crippen LogP contribution in [0.1, 0.15) is 0 Å². The number of ether oxygens (including phenoxy) is 3. The number of aliphatic hydroxyl groups is 2. The minimum absolute atomic E-state index is 0.172. The van der Waals surface area contributed by atoms with Crippen LogP contribution in [0, 0.1) is 0 Å². The maximum Gasteiger partial charge on any atom is 0.114 e. The Kier molecular flexibility index (Phi) is 7.12. The lowest BCUT2D eigenvalue weighted by Crippen LogP contribution is -2.44. The summed E-state index contributed by atoms with van der Waals surface area (Å²) >= 11 is 0. The summed E-state index contributed by atoms with van der Waals surface area (Å²) in [4.78, 5) is 0. The third-order valence-corrected chi connectivity index (χ3v) is 1.97. The van der Waals surface area contributed by atoms with E-state index in [0.29, 0.717) is 0 Å². The van der Waals surface area contributed by atoms with Gasteiger partial charge in [-0.25, -0.2) is 0 Å². The summed E-state index contributed by atoms with van der Waals surface area (Å²) in [6, 6.07) is 0. The van der Waals surface area contributed by atoms with E-state index in [9.17, 15) is 0 Å². The van der Waals surface area contributed by atoms with E-state index in [-0.39, 0.29) is 13.2 Å². The molecule has 0 aromatic carbocycles. The highest BCUT2D eigenvalue weighted by Gasteiger charge is 2.28. The second-order valence-corrected chi connectivity index (χ2v) is 2.61. The Balaban J connectivity index is 4.26. The molecule has 0 amide bonds. The van der Waals surface area contributed by atoms with E-state index < -0.39 is 18.3 Å². The molecule has 0 saturated heterocycles. The molecule has 5 heteroatoms. The quantitative estimate of drug-likeness (QED) is 0.545. The topological polar surface area (TPSA) is 68.2 Å². The van der Waals surface area contributed by atoms with Gasteiger partial charge in [0.15, 0.2) is 0 Å². The summed E-state index contributed by atoms with van der Waals surface area (Å²) in [7, 11) is 4.42. The number of hydrogen-bond donors (Lipinski definition) is 2. The van der Waals surface area contributed by atoms with Crippen molar-refractivity contribution in [1.29, 1.82) is 0 Å². The van der Waals surface area contributed by atoms with E-state index in [1.807, 2.05) is 0 Å². The van der Waals surface area contributed by atoms with Gasteiger partial charge in [0.2, 0.25) is 0 Å². The minimum Gasteiger partial charge on any atom is -0.394 e. The maximum atomic E-state index is 8.93. The minimum atomic E-state index is -0.484. The summed E-state index contributed by atoms with van der Waals surface area (Å²) < 4.78 is 15.0. The van der Waals surface area contributed by atoms with E-state index >= 15 is 0 Å². The lowest BCUT2D eigenvalue weighted by atomic mass is 10.1. The fourth-order valence-corrected chi connectivity index (χ4v) is 1.17. The first-order chi connectivity index (χ1) is 6.24. The first-order valence-electron chi connectivity index (χ1n) is 4.05. The number of methoxy groups -OCH3 is 3.